The van der Waals surface area contributed by atoms with E-state index in [9.17, 15) is 13.2 Å². The number of hydrogen-bond donors (Lipinski definition) is 0. The van der Waals surface area contributed by atoms with Crippen molar-refractivity contribution in [1.82, 2.24) is 0 Å². The van der Waals surface area contributed by atoms with E-state index in [4.69, 9.17) is 16.3 Å². The van der Waals surface area contributed by atoms with Gasteiger partial charge in [0.05, 0.1) is 12.0 Å². The van der Waals surface area contributed by atoms with Gasteiger partial charge in [0.1, 0.15) is 5.75 Å². The van der Waals surface area contributed by atoms with Gasteiger partial charge in [0, 0.05) is 16.0 Å². The topological polar surface area (TPSA) is 60.4 Å². The Balaban J connectivity index is 2.19. The van der Waals surface area contributed by atoms with E-state index in [1.165, 1.54) is 31.4 Å². The fourth-order valence-electron chi connectivity index (χ4n) is 1.71. The summed E-state index contributed by atoms with van der Waals surface area (Å²) in [5.41, 5.74) is 0.366. The monoisotopic (exact) mass is 336 g/mol. The molecule has 0 aliphatic heterocycles. The minimum atomic E-state index is -3.68. The van der Waals surface area contributed by atoms with E-state index in [0.717, 1.165) is 11.5 Å². The lowest BCUT2D eigenvalue weighted by Gasteiger charge is -2.02. The molecule has 0 aliphatic rings. The maximum absolute atomic E-state index is 12.1. The number of ether oxygens (including phenoxy) is 1. The highest BCUT2D eigenvalue weighted by atomic mass is 35.5. The van der Waals surface area contributed by atoms with Crippen LogP contribution in [0.1, 0.15) is 10.4 Å². The Hall–Kier alpha value is -2.11. The summed E-state index contributed by atoms with van der Waals surface area (Å²) < 4.78 is 29.2. The van der Waals surface area contributed by atoms with Crippen molar-refractivity contribution in [3.05, 3.63) is 70.6 Å². The van der Waals surface area contributed by atoms with Gasteiger partial charge in [-0.2, -0.15) is 0 Å². The summed E-state index contributed by atoms with van der Waals surface area (Å²) in [6, 6.07) is 12.1. The van der Waals surface area contributed by atoms with E-state index in [1.807, 2.05) is 0 Å². The van der Waals surface area contributed by atoms with E-state index in [1.54, 1.807) is 24.3 Å². The van der Waals surface area contributed by atoms with Gasteiger partial charge in [0.15, 0.2) is 15.6 Å². The third kappa shape index (κ3) is 3.96. The van der Waals surface area contributed by atoms with Crippen LogP contribution in [-0.4, -0.2) is 21.3 Å². The number of sulfone groups is 1. The quantitative estimate of drug-likeness (QED) is 0.619. The third-order valence-electron chi connectivity index (χ3n) is 2.92. The van der Waals surface area contributed by atoms with E-state index in [2.05, 4.69) is 0 Å². The second kappa shape index (κ2) is 6.77. The molecule has 0 fully saturated rings. The molecule has 0 radical (unpaired) electrons. The lowest BCUT2D eigenvalue weighted by Crippen LogP contribution is -1.99. The van der Waals surface area contributed by atoms with Gasteiger partial charge in [-0.05, 0) is 54.6 Å². The Morgan fingerprint density at radius 2 is 1.64 bits per heavy atom. The van der Waals surface area contributed by atoms with Gasteiger partial charge in [0.2, 0.25) is 0 Å². The minimum Gasteiger partial charge on any atom is -0.497 e. The van der Waals surface area contributed by atoms with Gasteiger partial charge in [0.25, 0.3) is 0 Å². The first kappa shape index (κ1) is 16.3. The van der Waals surface area contributed by atoms with E-state index < -0.39 is 15.6 Å². The number of allylic oxidation sites excluding steroid dienone is 1. The Labute approximate surface area is 133 Å². The van der Waals surface area contributed by atoms with Gasteiger partial charge in [-0.1, -0.05) is 11.6 Å². The molecule has 0 N–H and O–H groups in total. The first-order valence-electron chi connectivity index (χ1n) is 6.29. The predicted molar refractivity (Wildman–Crippen MR) is 85.1 cm³/mol. The maximum atomic E-state index is 12.1. The average molecular weight is 337 g/mol. The van der Waals surface area contributed by atoms with E-state index >= 15 is 0 Å². The Kier molecular flexibility index (Phi) is 5.00. The van der Waals surface area contributed by atoms with Crippen LogP contribution in [-0.2, 0) is 9.84 Å². The normalized spacial score (nSPS) is 11.5. The molecular weight excluding hydrogens is 324 g/mol. The second-order valence-electron chi connectivity index (χ2n) is 4.39. The summed E-state index contributed by atoms with van der Waals surface area (Å²) in [7, 11) is -2.19. The molecular formula is C16H13ClO4S. The van der Waals surface area contributed by atoms with Crippen molar-refractivity contribution in [2.24, 2.45) is 0 Å². The SMILES string of the molecule is COc1ccc(S(=O)(=O)/C=C/C(=O)c2ccc(Cl)cc2)cc1. The van der Waals surface area contributed by atoms with Gasteiger partial charge < -0.3 is 4.74 Å². The van der Waals surface area contributed by atoms with Crippen LogP contribution in [0.3, 0.4) is 0 Å². The van der Waals surface area contributed by atoms with Crippen molar-refractivity contribution in [3.63, 3.8) is 0 Å². The molecule has 0 spiro atoms. The van der Waals surface area contributed by atoms with Gasteiger partial charge >= 0.3 is 0 Å². The smallest absolute Gasteiger partial charge is 0.199 e. The Morgan fingerprint density at radius 3 is 2.18 bits per heavy atom. The highest BCUT2D eigenvalue weighted by molar-refractivity contribution is 7.94. The van der Waals surface area contributed by atoms with Crippen molar-refractivity contribution >= 4 is 27.2 Å². The summed E-state index contributed by atoms with van der Waals surface area (Å²) in [6.45, 7) is 0. The van der Waals surface area contributed by atoms with Crippen LogP contribution in [0.4, 0.5) is 0 Å². The highest BCUT2D eigenvalue weighted by Crippen LogP contribution is 2.18. The molecule has 114 valence electrons. The molecule has 0 aromatic heterocycles. The van der Waals surface area contributed by atoms with Crippen molar-refractivity contribution in [3.8, 4) is 5.75 Å². The average Bonchev–Trinajstić information content (AvgIpc) is 2.53. The largest absolute Gasteiger partial charge is 0.497 e. The van der Waals surface area contributed by atoms with Crippen LogP contribution in [0.5, 0.6) is 5.75 Å². The molecule has 0 saturated carbocycles. The van der Waals surface area contributed by atoms with Crippen molar-refractivity contribution in [2.45, 2.75) is 4.90 Å². The first-order valence-corrected chi connectivity index (χ1v) is 8.22. The van der Waals surface area contributed by atoms with Crippen LogP contribution in [0.15, 0.2) is 64.9 Å². The molecule has 0 unspecified atom stereocenters. The number of methoxy groups -OCH3 is 1. The number of hydrogen-bond acceptors (Lipinski definition) is 4. The van der Waals surface area contributed by atoms with E-state index in [-0.39, 0.29) is 4.90 Å². The van der Waals surface area contributed by atoms with Gasteiger partial charge in [-0.15, -0.1) is 0 Å². The number of carbonyl (C=O) groups excluding carboxylic acids is 1. The molecule has 2 aromatic rings. The number of rotatable bonds is 5. The molecule has 2 aromatic carbocycles. The third-order valence-corrected chi connectivity index (χ3v) is 4.59. The summed E-state index contributed by atoms with van der Waals surface area (Å²) in [5, 5.41) is 1.40. The first-order chi connectivity index (χ1) is 10.4. The molecule has 0 aliphatic carbocycles. The van der Waals surface area contributed by atoms with Crippen molar-refractivity contribution in [2.75, 3.05) is 7.11 Å². The zero-order valence-corrected chi connectivity index (χ0v) is 13.3. The van der Waals surface area contributed by atoms with Crippen LogP contribution in [0, 0.1) is 0 Å². The number of ketones is 1. The zero-order valence-electron chi connectivity index (χ0n) is 11.7. The summed E-state index contributed by atoms with van der Waals surface area (Å²) in [4.78, 5) is 12.0. The van der Waals surface area contributed by atoms with Crippen LogP contribution in [0.25, 0.3) is 0 Å². The molecule has 0 atom stereocenters. The van der Waals surface area contributed by atoms with Crippen LogP contribution < -0.4 is 4.74 Å². The predicted octanol–water partition coefficient (Wildman–Crippen LogP) is 3.52. The van der Waals surface area contributed by atoms with Crippen molar-refractivity contribution in [1.29, 1.82) is 0 Å². The molecule has 0 amide bonds. The fraction of sp³-hybridized carbons (Fsp3) is 0.0625. The van der Waals surface area contributed by atoms with Crippen LogP contribution in [0.2, 0.25) is 5.02 Å². The second-order valence-corrected chi connectivity index (χ2v) is 6.66. The van der Waals surface area contributed by atoms with Crippen molar-refractivity contribution < 1.29 is 17.9 Å². The summed E-state index contributed by atoms with van der Waals surface area (Å²) >= 11 is 5.74. The number of benzene rings is 2. The molecule has 22 heavy (non-hydrogen) atoms. The van der Waals surface area contributed by atoms with Gasteiger partial charge in [-0.25, -0.2) is 8.42 Å². The molecule has 6 heteroatoms. The molecule has 2 rings (SSSR count). The minimum absolute atomic E-state index is 0.0912. The lowest BCUT2D eigenvalue weighted by molar-refractivity contribution is 0.104. The van der Waals surface area contributed by atoms with Crippen LogP contribution >= 0.6 is 11.6 Å². The fourth-order valence-corrected chi connectivity index (χ4v) is 2.81. The van der Waals surface area contributed by atoms with E-state index in [0.29, 0.717) is 16.3 Å². The van der Waals surface area contributed by atoms with Gasteiger partial charge in [-0.3, -0.25) is 4.79 Å². The number of carbonyl (C=O) groups is 1. The highest BCUT2D eigenvalue weighted by Gasteiger charge is 2.11. The Morgan fingerprint density at radius 1 is 1.05 bits per heavy atom. The molecule has 0 heterocycles. The zero-order chi connectivity index (χ0) is 16.2. The maximum Gasteiger partial charge on any atom is 0.199 e. The lowest BCUT2D eigenvalue weighted by atomic mass is 10.1. The summed E-state index contributed by atoms with van der Waals surface area (Å²) in [6.07, 6.45) is 1.03. The summed E-state index contributed by atoms with van der Waals surface area (Å²) in [5.74, 6) is 0.147. The molecule has 0 bridgehead atoms. The standard InChI is InChI=1S/C16H13ClO4S/c1-21-14-6-8-15(9-7-14)22(19,20)11-10-16(18)12-2-4-13(17)5-3-12/h2-11H,1H3/b11-10+. The molecule has 0 saturated heterocycles. The Bertz CT molecular complexity index is 791. The molecule has 4 nitrogen and oxygen atoms in total. The number of halogens is 1.